The van der Waals surface area contributed by atoms with Gasteiger partial charge in [0.1, 0.15) is 12.2 Å². The lowest BCUT2D eigenvalue weighted by molar-refractivity contribution is 0.0178. The standard InChI is InChI=1S/C14H19ClO6/c1-18-5-6-19-7-8-20-9-10-21-13-11(14(16)17)3-2-4-12(13)15/h2-4H,5-10H2,1H3,(H,16,17). The van der Waals surface area contributed by atoms with Gasteiger partial charge in [-0.1, -0.05) is 17.7 Å². The van der Waals surface area contributed by atoms with Crippen molar-refractivity contribution in [3.8, 4) is 5.75 Å². The summed E-state index contributed by atoms with van der Waals surface area (Å²) < 4.78 is 20.7. The summed E-state index contributed by atoms with van der Waals surface area (Å²) in [4.78, 5) is 11.0. The highest BCUT2D eigenvalue weighted by molar-refractivity contribution is 6.32. The molecule has 0 radical (unpaired) electrons. The van der Waals surface area contributed by atoms with Crippen molar-refractivity contribution in [1.82, 2.24) is 0 Å². The maximum absolute atomic E-state index is 11.0. The topological polar surface area (TPSA) is 74.2 Å². The molecule has 0 aliphatic heterocycles. The zero-order valence-corrected chi connectivity index (χ0v) is 12.6. The Hall–Kier alpha value is -1.34. The summed E-state index contributed by atoms with van der Waals surface area (Å²) in [6.45, 7) is 2.50. The van der Waals surface area contributed by atoms with Crippen LogP contribution in [0.2, 0.25) is 5.02 Å². The third-order valence-corrected chi connectivity index (χ3v) is 2.77. The number of hydrogen-bond donors (Lipinski definition) is 1. The summed E-state index contributed by atoms with van der Waals surface area (Å²) in [6, 6.07) is 4.58. The van der Waals surface area contributed by atoms with E-state index in [2.05, 4.69) is 0 Å². The van der Waals surface area contributed by atoms with Crippen molar-refractivity contribution < 1.29 is 28.8 Å². The number of halogens is 1. The van der Waals surface area contributed by atoms with E-state index < -0.39 is 5.97 Å². The number of carboxylic acids is 1. The first-order chi connectivity index (χ1) is 10.2. The molecule has 0 saturated heterocycles. The molecule has 0 fully saturated rings. The van der Waals surface area contributed by atoms with Gasteiger partial charge < -0.3 is 24.1 Å². The van der Waals surface area contributed by atoms with Crippen LogP contribution in [0.25, 0.3) is 0 Å². The molecule has 6 nitrogen and oxygen atoms in total. The molecule has 1 N–H and O–H groups in total. The molecule has 0 saturated carbocycles. The van der Waals surface area contributed by atoms with Crippen LogP contribution < -0.4 is 4.74 Å². The number of benzene rings is 1. The molecule has 21 heavy (non-hydrogen) atoms. The Morgan fingerprint density at radius 1 is 1.10 bits per heavy atom. The van der Waals surface area contributed by atoms with Crippen molar-refractivity contribution in [1.29, 1.82) is 0 Å². The molecule has 1 rings (SSSR count). The predicted molar refractivity (Wildman–Crippen MR) is 77.4 cm³/mol. The average Bonchev–Trinajstić information content (AvgIpc) is 2.46. The number of ether oxygens (including phenoxy) is 4. The van der Waals surface area contributed by atoms with Gasteiger partial charge in [0.2, 0.25) is 0 Å². The fourth-order valence-corrected chi connectivity index (χ4v) is 1.72. The third kappa shape index (κ3) is 6.77. The zero-order valence-electron chi connectivity index (χ0n) is 11.8. The number of carbonyl (C=O) groups is 1. The maximum atomic E-state index is 11.0. The monoisotopic (exact) mass is 318 g/mol. The van der Waals surface area contributed by atoms with Gasteiger partial charge in [-0.3, -0.25) is 0 Å². The molecule has 1 aromatic rings. The third-order valence-electron chi connectivity index (χ3n) is 2.48. The van der Waals surface area contributed by atoms with Crippen molar-refractivity contribution in [2.75, 3.05) is 46.8 Å². The summed E-state index contributed by atoms with van der Waals surface area (Å²) in [7, 11) is 1.61. The van der Waals surface area contributed by atoms with E-state index in [-0.39, 0.29) is 22.9 Å². The van der Waals surface area contributed by atoms with Gasteiger partial charge >= 0.3 is 5.97 Å². The summed E-state index contributed by atoms with van der Waals surface area (Å²) in [5.74, 6) is -0.924. The molecular formula is C14H19ClO6. The largest absolute Gasteiger partial charge is 0.489 e. The molecule has 0 aliphatic rings. The first-order valence-electron chi connectivity index (χ1n) is 6.46. The van der Waals surface area contributed by atoms with Crippen molar-refractivity contribution in [3.63, 3.8) is 0 Å². The Morgan fingerprint density at radius 2 is 1.71 bits per heavy atom. The second kappa shape index (κ2) is 10.4. The molecule has 0 atom stereocenters. The first kappa shape index (κ1) is 17.7. The number of aromatic carboxylic acids is 1. The van der Waals surface area contributed by atoms with Gasteiger partial charge in [0.15, 0.2) is 5.75 Å². The Bertz CT molecular complexity index is 437. The van der Waals surface area contributed by atoms with Crippen molar-refractivity contribution in [2.24, 2.45) is 0 Å². The maximum Gasteiger partial charge on any atom is 0.339 e. The molecule has 118 valence electrons. The lowest BCUT2D eigenvalue weighted by atomic mass is 10.2. The van der Waals surface area contributed by atoms with Crippen LogP contribution in [0.4, 0.5) is 0 Å². The molecular weight excluding hydrogens is 300 g/mol. The Balaban J connectivity index is 2.23. The number of para-hydroxylation sites is 1. The smallest absolute Gasteiger partial charge is 0.339 e. The van der Waals surface area contributed by atoms with Crippen LogP contribution >= 0.6 is 11.6 Å². The molecule has 7 heteroatoms. The highest BCUT2D eigenvalue weighted by Crippen LogP contribution is 2.28. The fraction of sp³-hybridized carbons (Fsp3) is 0.500. The Morgan fingerprint density at radius 3 is 2.33 bits per heavy atom. The van der Waals surface area contributed by atoms with E-state index >= 15 is 0 Å². The lowest BCUT2D eigenvalue weighted by Crippen LogP contribution is -2.13. The summed E-state index contributed by atoms with van der Waals surface area (Å²) >= 11 is 5.92. The van der Waals surface area contributed by atoms with Crippen molar-refractivity contribution in [3.05, 3.63) is 28.8 Å². The Kier molecular flexibility index (Phi) is 8.77. The van der Waals surface area contributed by atoms with Gasteiger partial charge in [-0.2, -0.15) is 0 Å². The highest BCUT2D eigenvalue weighted by Gasteiger charge is 2.14. The molecule has 0 aliphatic carbocycles. The summed E-state index contributed by atoms with van der Waals surface area (Å²) in [5, 5.41) is 9.30. The SMILES string of the molecule is COCCOCCOCCOc1c(Cl)cccc1C(=O)O. The number of hydrogen-bond acceptors (Lipinski definition) is 5. The van der Waals surface area contributed by atoms with Crippen LogP contribution in [0, 0.1) is 0 Å². The Labute approximate surface area is 128 Å². The number of methoxy groups -OCH3 is 1. The van der Waals surface area contributed by atoms with E-state index in [1.807, 2.05) is 0 Å². The van der Waals surface area contributed by atoms with Crippen molar-refractivity contribution in [2.45, 2.75) is 0 Å². The van der Waals surface area contributed by atoms with E-state index in [0.29, 0.717) is 33.0 Å². The number of rotatable bonds is 11. The second-order valence-corrected chi connectivity index (χ2v) is 4.39. The summed E-state index contributed by atoms with van der Waals surface area (Å²) in [6.07, 6.45) is 0. The van der Waals surface area contributed by atoms with E-state index in [9.17, 15) is 4.79 Å². The van der Waals surface area contributed by atoms with Crippen molar-refractivity contribution >= 4 is 17.6 Å². The van der Waals surface area contributed by atoms with Gasteiger partial charge in [0, 0.05) is 7.11 Å². The molecule has 0 bridgehead atoms. The zero-order chi connectivity index (χ0) is 15.5. The summed E-state index contributed by atoms with van der Waals surface area (Å²) in [5.41, 5.74) is 0.0328. The van der Waals surface area contributed by atoms with E-state index in [1.54, 1.807) is 19.2 Å². The average molecular weight is 319 g/mol. The number of carboxylic acid groups (broad SMARTS) is 1. The van der Waals surface area contributed by atoms with Crippen LogP contribution in [-0.2, 0) is 14.2 Å². The van der Waals surface area contributed by atoms with Gasteiger partial charge in [-0.15, -0.1) is 0 Å². The van der Waals surface area contributed by atoms with E-state index in [4.69, 9.17) is 35.7 Å². The lowest BCUT2D eigenvalue weighted by Gasteiger charge is -2.11. The minimum atomic E-state index is -1.08. The quantitative estimate of drug-likeness (QED) is 0.630. The van der Waals surface area contributed by atoms with Gasteiger partial charge in [-0.25, -0.2) is 4.79 Å². The molecule has 0 aromatic heterocycles. The first-order valence-corrected chi connectivity index (χ1v) is 6.83. The minimum absolute atomic E-state index is 0.0328. The van der Waals surface area contributed by atoms with E-state index in [0.717, 1.165) is 0 Å². The molecule has 0 spiro atoms. The van der Waals surface area contributed by atoms with Gasteiger partial charge in [0.05, 0.1) is 38.1 Å². The minimum Gasteiger partial charge on any atom is -0.489 e. The molecule has 0 heterocycles. The van der Waals surface area contributed by atoms with Crippen LogP contribution in [0.5, 0.6) is 5.75 Å². The second-order valence-electron chi connectivity index (χ2n) is 3.99. The molecule has 0 unspecified atom stereocenters. The van der Waals surface area contributed by atoms with Crippen LogP contribution in [0.3, 0.4) is 0 Å². The molecule has 0 amide bonds. The van der Waals surface area contributed by atoms with Crippen LogP contribution in [0.15, 0.2) is 18.2 Å². The molecule has 1 aromatic carbocycles. The van der Waals surface area contributed by atoms with Gasteiger partial charge in [0.25, 0.3) is 0 Å². The van der Waals surface area contributed by atoms with Crippen LogP contribution in [0.1, 0.15) is 10.4 Å². The predicted octanol–water partition coefficient (Wildman–Crippen LogP) is 2.10. The van der Waals surface area contributed by atoms with Gasteiger partial charge in [-0.05, 0) is 12.1 Å². The van der Waals surface area contributed by atoms with E-state index in [1.165, 1.54) is 6.07 Å². The fourth-order valence-electron chi connectivity index (χ4n) is 1.49. The normalized spacial score (nSPS) is 10.6. The van der Waals surface area contributed by atoms with Crippen LogP contribution in [-0.4, -0.2) is 57.8 Å². The highest BCUT2D eigenvalue weighted by atomic mass is 35.5.